The average Bonchev–Trinajstić information content (AvgIpc) is 2.90. The Morgan fingerprint density at radius 1 is 1.04 bits per heavy atom. The molecule has 0 unspecified atom stereocenters. The molecule has 0 aliphatic carbocycles. The second-order valence-corrected chi connectivity index (χ2v) is 8.34. The lowest BCUT2D eigenvalue weighted by Gasteiger charge is -2.28. The van der Waals surface area contributed by atoms with Crippen molar-refractivity contribution in [3.8, 4) is 0 Å². The number of sulfonamides is 1. The van der Waals surface area contributed by atoms with E-state index in [0.29, 0.717) is 23.2 Å². The van der Waals surface area contributed by atoms with Crippen LogP contribution in [-0.2, 0) is 19.6 Å². The van der Waals surface area contributed by atoms with Gasteiger partial charge in [0.25, 0.3) is 15.9 Å². The monoisotopic (exact) mass is 401 g/mol. The summed E-state index contributed by atoms with van der Waals surface area (Å²) in [5.74, 6) is -1.27. The standard InChI is InChI=1S/C19H19N3O5S/c23-18(13-22-19(24)16-3-1-2-4-17(16)28(22,25)26)20-14-5-7-15(8-6-14)21-9-11-27-12-10-21/h1-8H,9-13H2,(H,20,23). The van der Waals surface area contributed by atoms with Crippen LogP contribution in [0.3, 0.4) is 0 Å². The summed E-state index contributed by atoms with van der Waals surface area (Å²) in [6, 6.07) is 13.2. The van der Waals surface area contributed by atoms with Gasteiger partial charge in [-0.25, -0.2) is 12.7 Å². The van der Waals surface area contributed by atoms with Gasteiger partial charge in [-0.1, -0.05) is 12.1 Å². The molecule has 4 rings (SSSR count). The number of hydrogen-bond donors (Lipinski definition) is 1. The molecule has 28 heavy (non-hydrogen) atoms. The predicted molar refractivity (Wildman–Crippen MR) is 103 cm³/mol. The number of amides is 2. The fourth-order valence-corrected chi connectivity index (χ4v) is 4.82. The van der Waals surface area contributed by atoms with Gasteiger partial charge in [-0.2, -0.15) is 0 Å². The summed E-state index contributed by atoms with van der Waals surface area (Å²) < 4.78 is 31.0. The second-order valence-electron chi connectivity index (χ2n) is 6.51. The second kappa shape index (κ2) is 7.25. The van der Waals surface area contributed by atoms with Gasteiger partial charge >= 0.3 is 0 Å². The van der Waals surface area contributed by atoms with Crippen LogP contribution < -0.4 is 10.2 Å². The molecule has 0 radical (unpaired) electrons. The van der Waals surface area contributed by atoms with Gasteiger partial charge in [0.05, 0.1) is 18.8 Å². The van der Waals surface area contributed by atoms with E-state index in [4.69, 9.17) is 4.74 Å². The zero-order valence-electron chi connectivity index (χ0n) is 15.0. The number of morpholine rings is 1. The van der Waals surface area contributed by atoms with Crippen LogP contribution in [0.1, 0.15) is 10.4 Å². The number of nitrogens with zero attached hydrogens (tertiary/aromatic N) is 2. The van der Waals surface area contributed by atoms with Crippen molar-refractivity contribution in [3.05, 3.63) is 54.1 Å². The molecule has 2 amide bonds. The highest BCUT2D eigenvalue weighted by molar-refractivity contribution is 7.90. The van der Waals surface area contributed by atoms with Crippen molar-refractivity contribution in [1.82, 2.24) is 4.31 Å². The fourth-order valence-electron chi connectivity index (χ4n) is 3.30. The lowest BCUT2D eigenvalue weighted by molar-refractivity contribution is -0.116. The Morgan fingerprint density at radius 3 is 2.39 bits per heavy atom. The number of carbonyl (C=O) groups excluding carboxylic acids is 2. The predicted octanol–water partition coefficient (Wildman–Crippen LogP) is 1.31. The van der Waals surface area contributed by atoms with Crippen molar-refractivity contribution in [3.63, 3.8) is 0 Å². The van der Waals surface area contributed by atoms with E-state index in [1.807, 2.05) is 12.1 Å². The normalized spacial score (nSPS) is 18.1. The van der Waals surface area contributed by atoms with Gasteiger partial charge < -0.3 is 15.0 Å². The lowest BCUT2D eigenvalue weighted by atomic mass is 10.2. The Hall–Kier alpha value is -2.91. The first kappa shape index (κ1) is 18.5. The first-order valence-corrected chi connectivity index (χ1v) is 10.3. The average molecular weight is 401 g/mol. The van der Waals surface area contributed by atoms with E-state index in [9.17, 15) is 18.0 Å². The van der Waals surface area contributed by atoms with E-state index in [-0.39, 0.29) is 10.5 Å². The molecule has 0 aromatic heterocycles. The third-order valence-electron chi connectivity index (χ3n) is 4.73. The van der Waals surface area contributed by atoms with Gasteiger partial charge in [0.15, 0.2) is 0 Å². The largest absolute Gasteiger partial charge is 0.378 e. The van der Waals surface area contributed by atoms with E-state index in [2.05, 4.69) is 10.2 Å². The summed E-state index contributed by atoms with van der Waals surface area (Å²) in [4.78, 5) is 26.8. The van der Waals surface area contributed by atoms with Crippen molar-refractivity contribution in [1.29, 1.82) is 0 Å². The smallest absolute Gasteiger partial charge is 0.269 e. The molecular weight excluding hydrogens is 382 g/mol. The minimum Gasteiger partial charge on any atom is -0.378 e. The summed E-state index contributed by atoms with van der Waals surface area (Å²) >= 11 is 0. The maximum absolute atomic E-state index is 12.5. The third kappa shape index (κ3) is 3.34. The van der Waals surface area contributed by atoms with Gasteiger partial charge in [-0.15, -0.1) is 0 Å². The molecule has 1 saturated heterocycles. The van der Waals surface area contributed by atoms with E-state index in [1.165, 1.54) is 12.1 Å². The van der Waals surface area contributed by atoms with E-state index in [0.717, 1.165) is 18.8 Å². The molecule has 2 aliphatic heterocycles. The third-order valence-corrected chi connectivity index (χ3v) is 6.51. The molecule has 9 heteroatoms. The number of anilines is 2. The van der Waals surface area contributed by atoms with Gasteiger partial charge in [0, 0.05) is 24.5 Å². The summed E-state index contributed by atoms with van der Waals surface area (Å²) in [6.07, 6.45) is 0. The summed E-state index contributed by atoms with van der Waals surface area (Å²) in [6.45, 7) is 2.40. The molecule has 2 aliphatic rings. The van der Waals surface area contributed by atoms with Crippen LogP contribution in [0.25, 0.3) is 0 Å². The molecule has 0 atom stereocenters. The Balaban J connectivity index is 1.43. The highest BCUT2D eigenvalue weighted by atomic mass is 32.2. The Bertz CT molecular complexity index is 1010. The molecular formula is C19H19N3O5S. The van der Waals surface area contributed by atoms with Gasteiger partial charge in [0.1, 0.15) is 11.4 Å². The topological polar surface area (TPSA) is 96.0 Å². The minimum absolute atomic E-state index is 0.0670. The Labute approximate surface area is 162 Å². The number of benzene rings is 2. The molecule has 0 spiro atoms. The number of carbonyl (C=O) groups is 2. The number of nitrogens with one attached hydrogen (secondary N) is 1. The van der Waals surface area contributed by atoms with Gasteiger partial charge in [0.2, 0.25) is 5.91 Å². The molecule has 1 N–H and O–H groups in total. The van der Waals surface area contributed by atoms with Crippen molar-refractivity contribution >= 4 is 33.2 Å². The first-order valence-electron chi connectivity index (χ1n) is 8.85. The Kier molecular flexibility index (Phi) is 4.78. The zero-order valence-corrected chi connectivity index (χ0v) is 15.8. The number of hydrogen-bond acceptors (Lipinski definition) is 6. The molecule has 2 aromatic carbocycles. The van der Waals surface area contributed by atoms with E-state index in [1.54, 1.807) is 24.3 Å². The number of rotatable bonds is 4. The van der Waals surface area contributed by atoms with Crippen LogP contribution in [0.4, 0.5) is 11.4 Å². The van der Waals surface area contributed by atoms with E-state index >= 15 is 0 Å². The zero-order chi connectivity index (χ0) is 19.7. The van der Waals surface area contributed by atoms with Gasteiger partial charge in [-0.3, -0.25) is 9.59 Å². The fraction of sp³-hybridized carbons (Fsp3) is 0.263. The SMILES string of the molecule is O=C(CN1C(=O)c2ccccc2S1(=O)=O)Nc1ccc(N2CCOCC2)cc1. The van der Waals surface area contributed by atoms with Gasteiger partial charge in [-0.05, 0) is 36.4 Å². The van der Waals surface area contributed by atoms with Crippen LogP contribution in [0.2, 0.25) is 0 Å². The quantitative estimate of drug-likeness (QED) is 0.830. The van der Waals surface area contributed by atoms with Crippen molar-refractivity contribution in [2.45, 2.75) is 4.90 Å². The molecule has 0 saturated carbocycles. The molecule has 2 aromatic rings. The van der Waals surface area contributed by atoms with Crippen LogP contribution in [-0.4, -0.2) is 57.4 Å². The Morgan fingerprint density at radius 2 is 1.71 bits per heavy atom. The van der Waals surface area contributed by atoms with Crippen molar-refractivity contribution in [2.24, 2.45) is 0 Å². The molecule has 2 heterocycles. The number of fused-ring (bicyclic) bond motifs is 1. The van der Waals surface area contributed by atoms with Crippen molar-refractivity contribution in [2.75, 3.05) is 43.1 Å². The van der Waals surface area contributed by atoms with E-state index < -0.39 is 28.4 Å². The summed E-state index contributed by atoms with van der Waals surface area (Å²) in [7, 11) is -4.00. The summed E-state index contributed by atoms with van der Waals surface area (Å²) in [5.41, 5.74) is 1.64. The first-order chi connectivity index (χ1) is 13.5. The lowest BCUT2D eigenvalue weighted by Crippen LogP contribution is -2.37. The number of ether oxygens (including phenoxy) is 1. The molecule has 0 bridgehead atoms. The summed E-state index contributed by atoms with van der Waals surface area (Å²) in [5, 5.41) is 2.64. The highest BCUT2D eigenvalue weighted by Crippen LogP contribution is 2.29. The van der Waals surface area contributed by atoms with Crippen LogP contribution in [0.5, 0.6) is 0 Å². The maximum Gasteiger partial charge on any atom is 0.269 e. The van der Waals surface area contributed by atoms with Crippen LogP contribution in [0.15, 0.2) is 53.4 Å². The molecule has 146 valence electrons. The van der Waals surface area contributed by atoms with Crippen LogP contribution >= 0.6 is 0 Å². The maximum atomic E-state index is 12.5. The molecule has 8 nitrogen and oxygen atoms in total. The highest BCUT2D eigenvalue weighted by Gasteiger charge is 2.41. The molecule has 1 fully saturated rings. The van der Waals surface area contributed by atoms with Crippen molar-refractivity contribution < 1.29 is 22.7 Å². The minimum atomic E-state index is -4.00. The van der Waals surface area contributed by atoms with Crippen LogP contribution in [0, 0.1) is 0 Å².